The molecule has 0 aromatic heterocycles. The van der Waals surface area contributed by atoms with Gasteiger partial charge in [-0.05, 0) is 37.8 Å². The minimum absolute atomic E-state index is 0.0484. The average molecular weight is 266 g/mol. The van der Waals surface area contributed by atoms with Gasteiger partial charge < -0.3 is 15.8 Å². The van der Waals surface area contributed by atoms with Gasteiger partial charge in [0.25, 0.3) is 0 Å². The predicted octanol–water partition coefficient (Wildman–Crippen LogP) is 2.29. The molecule has 4 nitrogen and oxygen atoms in total. The maximum atomic E-state index is 13.2. The van der Waals surface area contributed by atoms with Crippen molar-refractivity contribution >= 4 is 11.6 Å². The van der Waals surface area contributed by atoms with Crippen molar-refractivity contribution in [1.29, 1.82) is 0 Å². The minimum atomic E-state index is -0.401. The summed E-state index contributed by atoms with van der Waals surface area (Å²) in [4.78, 5) is 12.1. The quantitative estimate of drug-likeness (QED) is 0.882. The molecule has 0 atom stereocenters. The third kappa shape index (κ3) is 3.44. The molecule has 1 aliphatic carbocycles. The highest BCUT2D eigenvalue weighted by Gasteiger charge is 2.25. The molecule has 5 heteroatoms. The van der Waals surface area contributed by atoms with Crippen LogP contribution in [-0.4, -0.2) is 19.1 Å². The minimum Gasteiger partial charge on any atom is -0.495 e. The van der Waals surface area contributed by atoms with Gasteiger partial charge >= 0.3 is 0 Å². The second-order valence-corrected chi connectivity index (χ2v) is 4.95. The van der Waals surface area contributed by atoms with Crippen LogP contribution in [0.2, 0.25) is 0 Å². The molecule has 1 aromatic carbocycles. The normalized spacial score (nSPS) is 22.9. The van der Waals surface area contributed by atoms with Gasteiger partial charge in [-0.25, -0.2) is 4.39 Å². The van der Waals surface area contributed by atoms with Gasteiger partial charge in [0.05, 0.1) is 12.8 Å². The SMILES string of the molecule is COc1ccc(F)cc1NC(=O)C1CCC(N)CC1. The van der Waals surface area contributed by atoms with Crippen LogP contribution in [0.1, 0.15) is 25.7 Å². The first kappa shape index (κ1) is 13.8. The van der Waals surface area contributed by atoms with Crippen LogP contribution in [0.4, 0.5) is 10.1 Å². The summed E-state index contributed by atoms with van der Waals surface area (Å²) in [5, 5.41) is 2.74. The summed E-state index contributed by atoms with van der Waals surface area (Å²) in [5.41, 5.74) is 6.19. The lowest BCUT2D eigenvalue weighted by Gasteiger charge is -2.25. The molecule has 2 rings (SSSR count). The molecule has 1 fully saturated rings. The first-order chi connectivity index (χ1) is 9.10. The molecule has 0 aliphatic heterocycles. The molecule has 1 amide bonds. The van der Waals surface area contributed by atoms with E-state index in [0.29, 0.717) is 11.4 Å². The smallest absolute Gasteiger partial charge is 0.227 e. The standard InChI is InChI=1S/C14H19FN2O2/c1-19-13-7-4-10(15)8-12(13)17-14(18)9-2-5-11(16)6-3-9/h4,7-9,11H,2-3,5-6,16H2,1H3,(H,17,18). The Balaban J connectivity index is 2.04. The van der Waals surface area contributed by atoms with Gasteiger partial charge in [0.2, 0.25) is 5.91 Å². The van der Waals surface area contributed by atoms with E-state index in [1.54, 1.807) is 0 Å². The van der Waals surface area contributed by atoms with E-state index < -0.39 is 5.82 Å². The molecule has 1 aromatic rings. The molecule has 0 spiro atoms. The van der Waals surface area contributed by atoms with E-state index in [1.807, 2.05) is 0 Å². The molecular formula is C14H19FN2O2. The van der Waals surface area contributed by atoms with Crippen LogP contribution in [0.15, 0.2) is 18.2 Å². The van der Waals surface area contributed by atoms with Crippen molar-refractivity contribution in [3.05, 3.63) is 24.0 Å². The van der Waals surface area contributed by atoms with Gasteiger partial charge in [0, 0.05) is 18.0 Å². The number of carbonyl (C=O) groups is 1. The molecule has 0 bridgehead atoms. The summed E-state index contributed by atoms with van der Waals surface area (Å²) in [5.74, 6) is -0.0763. The Hall–Kier alpha value is -1.62. The van der Waals surface area contributed by atoms with E-state index in [1.165, 1.54) is 25.3 Å². The second-order valence-electron chi connectivity index (χ2n) is 4.95. The van der Waals surface area contributed by atoms with Crippen molar-refractivity contribution in [3.63, 3.8) is 0 Å². The Morgan fingerprint density at radius 3 is 2.68 bits per heavy atom. The number of ether oxygens (including phenoxy) is 1. The number of benzene rings is 1. The Labute approximate surface area is 112 Å². The summed E-state index contributed by atoms with van der Waals surface area (Å²) in [6.45, 7) is 0. The third-order valence-corrected chi connectivity index (χ3v) is 3.56. The summed E-state index contributed by atoms with van der Waals surface area (Å²) in [6.07, 6.45) is 3.28. The molecule has 1 aliphatic rings. The van der Waals surface area contributed by atoms with Gasteiger partial charge in [0.1, 0.15) is 11.6 Å². The maximum absolute atomic E-state index is 13.2. The lowest BCUT2D eigenvalue weighted by atomic mass is 9.86. The zero-order valence-electron chi connectivity index (χ0n) is 11.0. The van der Waals surface area contributed by atoms with E-state index in [0.717, 1.165) is 25.7 Å². The van der Waals surface area contributed by atoms with Crippen LogP contribution in [-0.2, 0) is 4.79 Å². The highest BCUT2D eigenvalue weighted by molar-refractivity contribution is 5.94. The molecule has 1 saturated carbocycles. The van der Waals surface area contributed by atoms with Crippen LogP contribution in [0.25, 0.3) is 0 Å². The van der Waals surface area contributed by atoms with Crippen molar-refractivity contribution < 1.29 is 13.9 Å². The number of anilines is 1. The lowest BCUT2D eigenvalue weighted by molar-refractivity contribution is -0.120. The lowest BCUT2D eigenvalue weighted by Crippen LogP contribution is -2.32. The first-order valence-electron chi connectivity index (χ1n) is 6.50. The molecule has 104 valence electrons. The van der Waals surface area contributed by atoms with Gasteiger partial charge in [0.15, 0.2) is 0 Å². The van der Waals surface area contributed by atoms with Crippen molar-refractivity contribution in [2.24, 2.45) is 11.7 Å². The summed E-state index contributed by atoms with van der Waals surface area (Å²) in [6, 6.07) is 4.27. The third-order valence-electron chi connectivity index (χ3n) is 3.56. The maximum Gasteiger partial charge on any atom is 0.227 e. The number of hydrogen-bond acceptors (Lipinski definition) is 3. The van der Waals surface area contributed by atoms with E-state index >= 15 is 0 Å². The number of halogens is 1. The average Bonchev–Trinajstić information content (AvgIpc) is 2.39. The Kier molecular flexibility index (Phi) is 4.37. The number of carbonyl (C=O) groups excluding carboxylic acids is 1. The van der Waals surface area contributed by atoms with E-state index in [9.17, 15) is 9.18 Å². The van der Waals surface area contributed by atoms with E-state index in [-0.39, 0.29) is 17.9 Å². The van der Waals surface area contributed by atoms with Crippen LogP contribution >= 0.6 is 0 Å². The number of nitrogens with one attached hydrogen (secondary N) is 1. The first-order valence-corrected chi connectivity index (χ1v) is 6.50. The van der Waals surface area contributed by atoms with Gasteiger partial charge in [-0.3, -0.25) is 4.79 Å². The second kappa shape index (κ2) is 6.02. The molecule has 0 radical (unpaired) electrons. The topological polar surface area (TPSA) is 64.3 Å². The fourth-order valence-corrected chi connectivity index (χ4v) is 2.39. The largest absolute Gasteiger partial charge is 0.495 e. The number of amides is 1. The Morgan fingerprint density at radius 2 is 2.05 bits per heavy atom. The molecule has 0 heterocycles. The van der Waals surface area contributed by atoms with Crippen molar-refractivity contribution in [2.45, 2.75) is 31.7 Å². The molecular weight excluding hydrogens is 247 g/mol. The van der Waals surface area contributed by atoms with Crippen molar-refractivity contribution in [3.8, 4) is 5.75 Å². The fourth-order valence-electron chi connectivity index (χ4n) is 2.39. The highest BCUT2D eigenvalue weighted by Crippen LogP contribution is 2.28. The zero-order chi connectivity index (χ0) is 13.8. The van der Waals surface area contributed by atoms with E-state index in [4.69, 9.17) is 10.5 Å². The number of hydrogen-bond donors (Lipinski definition) is 2. The molecule has 0 saturated heterocycles. The molecule has 3 N–H and O–H groups in total. The predicted molar refractivity (Wildman–Crippen MR) is 71.5 cm³/mol. The van der Waals surface area contributed by atoms with Gasteiger partial charge in [-0.2, -0.15) is 0 Å². The number of nitrogens with two attached hydrogens (primary N) is 1. The summed E-state index contributed by atoms with van der Waals surface area (Å²) < 4.78 is 18.3. The Bertz CT molecular complexity index is 457. The molecule has 0 unspecified atom stereocenters. The zero-order valence-corrected chi connectivity index (χ0v) is 11.0. The van der Waals surface area contributed by atoms with Crippen LogP contribution in [0.3, 0.4) is 0 Å². The van der Waals surface area contributed by atoms with Crippen LogP contribution in [0, 0.1) is 11.7 Å². The van der Waals surface area contributed by atoms with Crippen molar-refractivity contribution in [1.82, 2.24) is 0 Å². The number of rotatable bonds is 3. The Morgan fingerprint density at radius 1 is 1.37 bits per heavy atom. The number of methoxy groups -OCH3 is 1. The fraction of sp³-hybridized carbons (Fsp3) is 0.500. The summed E-state index contributed by atoms with van der Waals surface area (Å²) >= 11 is 0. The van der Waals surface area contributed by atoms with Gasteiger partial charge in [-0.1, -0.05) is 0 Å². The van der Waals surface area contributed by atoms with E-state index in [2.05, 4.69) is 5.32 Å². The van der Waals surface area contributed by atoms with Crippen LogP contribution < -0.4 is 15.8 Å². The van der Waals surface area contributed by atoms with Crippen LogP contribution in [0.5, 0.6) is 5.75 Å². The molecule has 19 heavy (non-hydrogen) atoms. The van der Waals surface area contributed by atoms with Crippen molar-refractivity contribution in [2.75, 3.05) is 12.4 Å². The summed E-state index contributed by atoms with van der Waals surface area (Å²) in [7, 11) is 1.49. The monoisotopic (exact) mass is 266 g/mol. The van der Waals surface area contributed by atoms with Gasteiger partial charge in [-0.15, -0.1) is 0 Å². The highest BCUT2D eigenvalue weighted by atomic mass is 19.1.